The molecule has 0 saturated carbocycles. The van der Waals surface area contributed by atoms with Crippen LogP contribution < -0.4 is 5.73 Å². The maximum Gasteiger partial charge on any atom is 0.151 e. The summed E-state index contributed by atoms with van der Waals surface area (Å²) in [7, 11) is -1.23. The molecule has 1 rings (SSSR count). The Morgan fingerprint density at radius 3 is 2.53 bits per heavy atom. The zero-order chi connectivity index (χ0) is 13.2. The van der Waals surface area contributed by atoms with Crippen LogP contribution in [-0.4, -0.2) is 35.7 Å². The molecule has 0 aromatic carbocycles. The number of hydrogen-bond acceptors (Lipinski definition) is 4. The third kappa shape index (κ3) is 3.54. The predicted molar refractivity (Wildman–Crippen MR) is 68.6 cm³/mol. The van der Waals surface area contributed by atoms with Gasteiger partial charge in [0.25, 0.3) is 0 Å². The first-order valence-corrected chi connectivity index (χ1v) is 7.67. The minimum Gasteiger partial charge on any atom is -0.326 e. The van der Waals surface area contributed by atoms with Gasteiger partial charge in [-0.1, -0.05) is 6.92 Å². The fourth-order valence-electron chi connectivity index (χ4n) is 1.66. The summed E-state index contributed by atoms with van der Waals surface area (Å²) < 4.78 is 24.6. The van der Waals surface area contributed by atoms with Crippen molar-refractivity contribution < 1.29 is 8.42 Å². The molecule has 0 aliphatic heterocycles. The van der Waals surface area contributed by atoms with Crippen molar-refractivity contribution in [1.82, 2.24) is 9.78 Å². The van der Waals surface area contributed by atoms with Crippen molar-refractivity contribution in [3.05, 3.63) is 17.5 Å². The molecule has 0 saturated heterocycles. The number of aryl methyl sites for hydroxylation is 2. The van der Waals surface area contributed by atoms with E-state index in [2.05, 4.69) is 5.10 Å². The van der Waals surface area contributed by atoms with Gasteiger partial charge in [0.05, 0.1) is 10.9 Å². The zero-order valence-corrected chi connectivity index (χ0v) is 11.7. The van der Waals surface area contributed by atoms with Crippen LogP contribution >= 0.6 is 0 Å². The first-order valence-electron chi connectivity index (χ1n) is 5.72. The van der Waals surface area contributed by atoms with Crippen LogP contribution in [0.3, 0.4) is 0 Å². The Hall–Kier alpha value is -0.880. The first-order chi connectivity index (χ1) is 7.75. The van der Waals surface area contributed by atoms with Gasteiger partial charge in [-0.3, -0.25) is 4.68 Å². The first kappa shape index (κ1) is 14.2. The van der Waals surface area contributed by atoms with Crippen LogP contribution in [0.1, 0.15) is 25.2 Å². The average Bonchev–Trinajstić information content (AvgIpc) is 2.57. The van der Waals surface area contributed by atoms with Gasteiger partial charge in [-0.15, -0.1) is 0 Å². The van der Waals surface area contributed by atoms with E-state index in [4.69, 9.17) is 5.73 Å². The third-order valence-electron chi connectivity index (χ3n) is 3.11. The molecule has 0 bridgehead atoms. The molecule has 0 spiro atoms. The molecule has 6 heteroatoms. The summed E-state index contributed by atoms with van der Waals surface area (Å²) in [6.45, 7) is 3.68. The summed E-state index contributed by atoms with van der Waals surface area (Å²) in [5.41, 5.74) is 7.91. The fourth-order valence-corrected chi connectivity index (χ4v) is 2.39. The normalized spacial score (nSPS) is 15.8. The lowest BCUT2D eigenvalue weighted by Gasteiger charge is -2.17. The molecule has 98 valence electrons. The highest BCUT2D eigenvalue weighted by Gasteiger charge is 2.23. The monoisotopic (exact) mass is 259 g/mol. The summed E-state index contributed by atoms with van der Waals surface area (Å²) in [6.07, 6.45) is 2.61. The Balaban J connectivity index is 2.80. The van der Waals surface area contributed by atoms with E-state index < -0.39 is 21.1 Å². The predicted octanol–water partition coefficient (Wildman–Crippen LogP) is 0.285. The molecule has 1 heterocycles. The van der Waals surface area contributed by atoms with Crippen molar-refractivity contribution in [3.8, 4) is 0 Å². The van der Waals surface area contributed by atoms with Crippen LogP contribution in [0.2, 0.25) is 0 Å². The molecule has 0 fully saturated rings. The van der Waals surface area contributed by atoms with Gasteiger partial charge in [-0.25, -0.2) is 8.42 Å². The van der Waals surface area contributed by atoms with E-state index in [1.807, 2.05) is 20.0 Å². The minimum absolute atomic E-state index is 0.398. The summed E-state index contributed by atoms with van der Waals surface area (Å²) >= 11 is 0. The van der Waals surface area contributed by atoms with Gasteiger partial charge < -0.3 is 5.73 Å². The Morgan fingerprint density at radius 2 is 2.12 bits per heavy atom. The van der Waals surface area contributed by atoms with Crippen LogP contribution in [0.25, 0.3) is 0 Å². The molecule has 1 aromatic heterocycles. The lowest BCUT2D eigenvalue weighted by Crippen LogP contribution is -2.39. The van der Waals surface area contributed by atoms with Gasteiger partial charge in [-0.2, -0.15) is 5.10 Å². The molecule has 2 unspecified atom stereocenters. The highest BCUT2D eigenvalue weighted by molar-refractivity contribution is 7.91. The Bertz CT molecular complexity index is 479. The van der Waals surface area contributed by atoms with Gasteiger partial charge in [-0.05, 0) is 19.4 Å². The smallest absolute Gasteiger partial charge is 0.151 e. The number of aromatic nitrogens is 2. The zero-order valence-electron chi connectivity index (χ0n) is 10.8. The fraction of sp³-hybridized carbons (Fsp3) is 0.727. The molecule has 0 amide bonds. The molecule has 0 aliphatic carbocycles. The minimum atomic E-state index is -3.09. The average molecular weight is 259 g/mol. The van der Waals surface area contributed by atoms with Crippen molar-refractivity contribution in [3.63, 3.8) is 0 Å². The van der Waals surface area contributed by atoms with E-state index >= 15 is 0 Å². The number of nitrogens with two attached hydrogens (primary N) is 1. The van der Waals surface area contributed by atoms with Gasteiger partial charge >= 0.3 is 0 Å². The molecule has 17 heavy (non-hydrogen) atoms. The quantitative estimate of drug-likeness (QED) is 0.824. The summed E-state index contributed by atoms with van der Waals surface area (Å²) in [5, 5.41) is 3.78. The van der Waals surface area contributed by atoms with Crippen LogP contribution in [0, 0.1) is 0 Å². The highest BCUT2D eigenvalue weighted by atomic mass is 32.2. The van der Waals surface area contributed by atoms with E-state index in [0.29, 0.717) is 6.42 Å². The summed E-state index contributed by atoms with van der Waals surface area (Å²) in [6, 6.07) is 1.58. The van der Waals surface area contributed by atoms with Crippen molar-refractivity contribution in [2.45, 2.75) is 38.0 Å². The molecule has 0 aliphatic rings. The number of hydrogen-bond donors (Lipinski definition) is 1. The Kier molecular flexibility index (Phi) is 4.32. The molecular weight excluding hydrogens is 238 g/mol. The van der Waals surface area contributed by atoms with E-state index in [9.17, 15) is 8.42 Å². The van der Waals surface area contributed by atoms with Crippen molar-refractivity contribution in [1.29, 1.82) is 0 Å². The van der Waals surface area contributed by atoms with Crippen LogP contribution in [0.4, 0.5) is 0 Å². The van der Waals surface area contributed by atoms with Crippen LogP contribution in [-0.2, 0) is 29.7 Å². The molecule has 5 nitrogen and oxygen atoms in total. The Labute approximate surface area is 103 Å². The second-order valence-corrected chi connectivity index (χ2v) is 6.91. The van der Waals surface area contributed by atoms with Gasteiger partial charge in [0.1, 0.15) is 0 Å². The topological polar surface area (TPSA) is 78.0 Å². The van der Waals surface area contributed by atoms with Gasteiger partial charge in [0.2, 0.25) is 0 Å². The SMILES string of the molecule is CCc1cc(CC(N)C(C)S(C)(=O)=O)n(C)n1. The van der Waals surface area contributed by atoms with E-state index in [1.165, 1.54) is 6.26 Å². The van der Waals surface area contributed by atoms with Crippen molar-refractivity contribution in [2.24, 2.45) is 12.8 Å². The van der Waals surface area contributed by atoms with Crippen molar-refractivity contribution >= 4 is 9.84 Å². The van der Waals surface area contributed by atoms with Gasteiger partial charge in [0, 0.05) is 31.5 Å². The number of nitrogens with zero attached hydrogens (tertiary/aromatic N) is 2. The van der Waals surface area contributed by atoms with E-state index in [0.717, 1.165) is 17.8 Å². The lowest BCUT2D eigenvalue weighted by molar-refractivity contribution is 0.552. The Morgan fingerprint density at radius 1 is 1.53 bits per heavy atom. The maximum absolute atomic E-state index is 11.4. The number of rotatable bonds is 5. The second-order valence-electron chi connectivity index (χ2n) is 4.51. The molecular formula is C11H21N3O2S. The largest absolute Gasteiger partial charge is 0.326 e. The van der Waals surface area contributed by atoms with Crippen molar-refractivity contribution in [2.75, 3.05) is 6.26 Å². The summed E-state index contributed by atoms with van der Waals surface area (Å²) in [5.74, 6) is 0. The molecule has 2 N–H and O–H groups in total. The second kappa shape index (κ2) is 5.18. The van der Waals surface area contributed by atoms with E-state index in [-0.39, 0.29) is 0 Å². The third-order valence-corrected chi connectivity index (χ3v) is 4.81. The van der Waals surface area contributed by atoms with E-state index in [1.54, 1.807) is 11.6 Å². The maximum atomic E-state index is 11.4. The standard InChI is InChI=1S/C11H21N3O2S/c1-5-9-6-10(14(3)13-9)7-11(12)8(2)17(4,15)16/h6,8,11H,5,7,12H2,1-4H3. The van der Waals surface area contributed by atoms with Crippen LogP contribution in [0.15, 0.2) is 6.07 Å². The van der Waals surface area contributed by atoms with Crippen LogP contribution in [0.5, 0.6) is 0 Å². The molecule has 1 aromatic rings. The number of sulfone groups is 1. The lowest BCUT2D eigenvalue weighted by atomic mass is 10.1. The highest BCUT2D eigenvalue weighted by Crippen LogP contribution is 2.11. The molecule has 0 radical (unpaired) electrons. The summed E-state index contributed by atoms with van der Waals surface area (Å²) in [4.78, 5) is 0. The molecule has 2 atom stereocenters. The van der Waals surface area contributed by atoms with Gasteiger partial charge in [0.15, 0.2) is 9.84 Å².